The molecule has 18 heavy (non-hydrogen) atoms. The molecular formula is C15H22N2S. The summed E-state index contributed by atoms with van der Waals surface area (Å²) < 4.78 is 1.30. The van der Waals surface area contributed by atoms with E-state index in [0.29, 0.717) is 12.0 Å². The molecule has 2 N–H and O–H groups in total. The zero-order valence-corrected chi connectivity index (χ0v) is 12.3. The lowest BCUT2D eigenvalue weighted by Gasteiger charge is -2.09. The van der Waals surface area contributed by atoms with Gasteiger partial charge in [0.25, 0.3) is 0 Å². The third-order valence-electron chi connectivity index (χ3n) is 3.28. The summed E-state index contributed by atoms with van der Waals surface area (Å²) in [6.45, 7) is 6.46. The molecule has 0 radical (unpaired) electrons. The number of nitrogens with two attached hydrogens (primary N) is 1. The molecule has 2 nitrogen and oxygen atoms in total. The maximum absolute atomic E-state index is 5.78. The van der Waals surface area contributed by atoms with Crippen molar-refractivity contribution in [3.05, 3.63) is 28.8 Å². The number of rotatable bonds is 5. The average Bonchev–Trinajstić information content (AvgIpc) is 2.71. The predicted molar refractivity (Wildman–Crippen MR) is 80.3 cm³/mol. The molecule has 0 spiro atoms. The highest BCUT2D eigenvalue weighted by molar-refractivity contribution is 7.18. The first-order chi connectivity index (χ1) is 8.56. The minimum atomic E-state index is 0.315. The van der Waals surface area contributed by atoms with Crippen LogP contribution in [0, 0.1) is 6.92 Å². The van der Waals surface area contributed by atoms with Gasteiger partial charge in [-0.05, 0) is 44.4 Å². The van der Waals surface area contributed by atoms with E-state index in [1.165, 1.54) is 28.1 Å². The Balaban J connectivity index is 2.06. The first-order valence-electron chi connectivity index (χ1n) is 6.69. The minimum Gasteiger partial charge on any atom is -0.328 e. The van der Waals surface area contributed by atoms with Gasteiger partial charge in [-0.25, -0.2) is 4.98 Å². The molecule has 0 aliphatic carbocycles. The van der Waals surface area contributed by atoms with E-state index in [4.69, 9.17) is 10.7 Å². The molecule has 0 amide bonds. The second kappa shape index (κ2) is 5.81. The van der Waals surface area contributed by atoms with Gasteiger partial charge < -0.3 is 5.73 Å². The zero-order valence-electron chi connectivity index (χ0n) is 11.4. The van der Waals surface area contributed by atoms with E-state index in [1.54, 1.807) is 0 Å². The van der Waals surface area contributed by atoms with E-state index in [0.717, 1.165) is 11.9 Å². The smallest absolute Gasteiger partial charge is 0.0966 e. The molecule has 3 heteroatoms. The molecule has 2 aromatic rings. The Morgan fingerprint density at radius 1 is 1.28 bits per heavy atom. The van der Waals surface area contributed by atoms with Crippen molar-refractivity contribution in [2.75, 3.05) is 0 Å². The maximum Gasteiger partial charge on any atom is 0.0966 e. The molecule has 1 aromatic carbocycles. The van der Waals surface area contributed by atoms with Crippen LogP contribution in [0.5, 0.6) is 0 Å². The second-order valence-corrected chi connectivity index (χ2v) is 6.39. The van der Waals surface area contributed by atoms with Gasteiger partial charge in [-0.3, -0.25) is 0 Å². The van der Waals surface area contributed by atoms with Crippen molar-refractivity contribution >= 4 is 21.6 Å². The molecule has 2 unspecified atom stereocenters. The van der Waals surface area contributed by atoms with E-state index < -0.39 is 0 Å². The number of hydrogen-bond donors (Lipinski definition) is 1. The van der Waals surface area contributed by atoms with Gasteiger partial charge in [-0.2, -0.15) is 0 Å². The lowest BCUT2D eigenvalue weighted by Crippen LogP contribution is -2.14. The van der Waals surface area contributed by atoms with E-state index in [2.05, 4.69) is 39.0 Å². The quantitative estimate of drug-likeness (QED) is 0.876. The van der Waals surface area contributed by atoms with Crippen LogP contribution in [-0.4, -0.2) is 11.0 Å². The predicted octanol–water partition coefficient (Wildman–Crippen LogP) is 4.23. The fourth-order valence-corrected chi connectivity index (χ4v) is 3.17. The molecule has 98 valence electrons. The van der Waals surface area contributed by atoms with Gasteiger partial charge in [0, 0.05) is 12.0 Å². The Labute approximate surface area is 113 Å². The van der Waals surface area contributed by atoms with Gasteiger partial charge in [0.1, 0.15) is 0 Å². The third kappa shape index (κ3) is 3.30. The summed E-state index contributed by atoms with van der Waals surface area (Å²) in [6, 6.07) is 6.82. The number of thiazole rings is 1. The van der Waals surface area contributed by atoms with Crippen molar-refractivity contribution in [2.45, 2.75) is 52.0 Å². The van der Waals surface area contributed by atoms with Crippen LogP contribution in [0.3, 0.4) is 0 Å². The van der Waals surface area contributed by atoms with Gasteiger partial charge in [-0.1, -0.05) is 19.4 Å². The van der Waals surface area contributed by atoms with Crippen LogP contribution in [0.15, 0.2) is 18.2 Å². The molecular weight excluding hydrogens is 240 g/mol. The summed E-state index contributed by atoms with van der Waals surface area (Å²) in [7, 11) is 0. The number of aryl methyl sites for hydroxylation is 1. The molecule has 2 atom stereocenters. The summed E-state index contributed by atoms with van der Waals surface area (Å²) in [5, 5.41) is 1.26. The van der Waals surface area contributed by atoms with Crippen LogP contribution in [-0.2, 0) is 0 Å². The van der Waals surface area contributed by atoms with Crippen LogP contribution < -0.4 is 5.73 Å². The van der Waals surface area contributed by atoms with Crippen LogP contribution in [0.25, 0.3) is 10.2 Å². The van der Waals surface area contributed by atoms with Gasteiger partial charge in [0.15, 0.2) is 0 Å². The Bertz CT molecular complexity index is 516. The standard InChI is InChI=1S/C15H22N2S/c1-10-7-8-14-13(9-10)17-15(18-14)11(2)5-4-6-12(3)16/h7-9,11-12H,4-6,16H2,1-3H3. The van der Waals surface area contributed by atoms with Crippen LogP contribution in [0.4, 0.5) is 0 Å². The normalized spacial score (nSPS) is 14.9. The maximum atomic E-state index is 5.78. The molecule has 0 aliphatic heterocycles. The fourth-order valence-electron chi connectivity index (χ4n) is 2.14. The lowest BCUT2D eigenvalue weighted by molar-refractivity contribution is 0.556. The number of hydrogen-bond acceptors (Lipinski definition) is 3. The molecule has 0 saturated heterocycles. The van der Waals surface area contributed by atoms with Crippen LogP contribution >= 0.6 is 11.3 Å². The number of benzene rings is 1. The van der Waals surface area contributed by atoms with Gasteiger partial charge in [0.05, 0.1) is 15.2 Å². The SMILES string of the molecule is Cc1ccc2sc(C(C)CCCC(C)N)nc2c1. The third-order valence-corrected chi connectivity index (χ3v) is 4.55. The van der Waals surface area contributed by atoms with Crippen molar-refractivity contribution in [2.24, 2.45) is 5.73 Å². The minimum absolute atomic E-state index is 0.315. The highest BCUT2D eigenvalue weighted by Crippen LogP contribution is 2.30. The summed E-state index contributed by atoms with van der Waals surface area (Å²) in [5.74, 6) is 0.543. The zero-order chi connectivity index (χ0) is 13.1. The van der Waals surface area contributed by atoms with Gasteiger partial charge in [0.2, 0.25) is 0 Å². The lowest BCUT2D eigenvalue weighted by atomic mass is 10.0. The Morgan fingerprint density at radius 2 is 2.06 bits per heavy atom. The Kier molecular flexibility index (Phi) is 4.36. The molecule has 0 fully saturated rings. The van der Waals surface area contributed by atoms with Crippen LogP contribution in [0.1, 0.15) is 49.6 Å². The topological polar surface area (TPSA) is 38.9 Å². The Morgan fingerprint density at radius 3 is 2.78 bits per heavy atom. The molecule has 0 saturated carbocycles. The van der Waals surface area contributed by atoms with Crippen molar-refractivity contribution < 1.29 is 0 Å². The molecule has 1 heterocycles. The first kappa shape index (κ1) is 13.5. The van der Waals surface area contributed by atoms with E-state index in [-0.39, 0.29) is 0 Å². The van der Waals surface area contributed by atoms with Crippen molar-refractivity contribution in [3.8, 4) is 0 Å². The summed E-state index contributed by atoms with van der Waals surface area (Å²) in [4.78, 5) is 4.76. The highest BCUT2D eigenvalue weighted by atomic mass is 32.1. The fraction of sp³-hybridized carbons (Fsp3) is 0.533. The average molecular weight is 262 g/mol. The molecule has 1 aromatic heterocycles. The second-order valence-electron chi connectivity index (χ2n) is 5.33. The van der Waals surface area contributed by atoms with Gasteiger partial charge >= 0.3 is 0 Å². The van der Waals surface area contributed by atoms with Crippen molar-refractivity contribution in [1.82, 2.24) is 4.98 Å². The summed E-state index contributed by atoms with van der Waals surface area (Å²) in [6.07, 6.45) is 3.47. The number of fused-ring (bicyclic) bond motifs is 1. The summed E-state index contributed by atoms with van der Waals surface area (Å²) in [5.41, 5.74) is 8.21. The largest absolute Gasteiger partial charge is 0.328 e. The first-order valence-corrected chi connectivity index (χ1v) is 7.50. The van der Waals surface area contributed by atoms with E-state index in [9.17, 15) is 0 Å². The van der Waals surface area contributed by atoms with E-state index in [1.807, 2.05) is 11.3 Å². The molecule has 0 aliphatic rings. The number of aromatic nitrogens is 1. The highest BCUT2D eigenvalue weighted by Gasteiger charge is 2.11. The van der Waals surface area contributed by atoms with Crippen molar-refractivity contribution in [1.29, 1.82) is 0 Å². The molecule has 2 rings (SSSR count). The molecule has 0 bridgehead atoms. The van der Waals surface area contributed by atoms with Crippen LogP contribution in [0.2, 0.25) is 0 Å². The van der Waals surface area contributed by atoms with Crippen molar-refractivity contribution in [3.63, 3.8) is 0 Å². The monoisotopic (exact) mass is 262 g/mol. The summed E-state index contributed by atoms with van der Waals surface area (Å²) >= 11 is 1.83. The van der Waals surface area contributed by atoms with E-state index >= 15 is 0 Å². The van der Waals surface area contributed by atoms with Gasteiger partial charge in [-0.15, -0.1) is 11.3 Å². The Hall–Kier alpha value is -0.930. The number of nitrogens with zero attached hydrogens (tertiary/aromatic N) is 1.